The maximum absolute atomic E-state index is 14.0. The zero-order valence-corrected chi connectivity index (χ0v) is 17.5. The molecule has 2 N–H and O–H groups in total. The van der Waals surface area contributed by atoms with Gasteiger partial charge in [0.2, 0.25) is 11.1 Å². The molecule has 0 bridgehead atoms. The zero-order valence-electron chi connectivity index (χ0n) is 16.6. The van der Waals surface area contributed by atoms with E-state index in [9.17, 15) is 9.18 Å². The summed E-state index contributed by atoms with van der Waals surface area (Å²) in [4.78, 5) is 17.8. The molecule has 2 aromatic carbocycles. The van der Waals surface area contributed by atoms with Crippen molar-refractivity contribution in [1.82, 2.24) is 14.8 Å². The second-order valence-electron chi connectivity index (χ2n) is 6.64. The van der Waals surface area contributed by atoms with Crippen molar-refractivity contribution in [2.75, 3.05) is 24.0 Å². The number of carbonyl (C=O) groups is 1. The summed E-state index contributed by atoms with van der Waals surface area (Å²) in [7, 11) is 1.54. The fourth-order valence-corrected chi connectivity index (χ4v) is 3.78. The van der Waals surface area contributed by atoms with Crippen LogP contribution in [-0.4, -0.2) is 34.0 Å². The predicted octanol–water partition coefficient (Wildman–Crippen LogP) is 4.08. The molecule has 0 saturated heterocycles. The fourth-order valence-electron chi connectivity index (χ4n) is 3.43. The van der Waals surface area contributed by atoms with Gasteiger partial charge < -0.3 is 15.4 Å². The lowest BCUT2D eigenvalue weighted by Crippen LogP contribution is -2.31. The van der Waals surface area contributed by atoms with E-state index in [1.165, 1.54) is 23.9 Å². The second kappa shape index (κ2) is 8.19. The number of anilines is 2. The van der Waals surface area contributed by atoms with E-state index in [0.717, 1.165) is 0 Å². The molecule has 30 heavy (non-hydrogen) atoms. The van der Waals surface area contributed by atoms with Crippen LogP contribution in [0.3, 0.4) is 0 Å². The van der Waals surface area contributed by atoms with Crippen LogP contribution in [0.1, 0.15) is 18.5 Å². The molecule has 1 atom stereocenters. The molecule has 1 aromatic heterocycles. The number of benzene rings is 2. The summed E-state index contributed by atoms with van der Waals surface area (Å²) in [6.45, 7) is 1.79. The molecule has 0 saturated carbocycles. The highest BCUT2D eigenvalue weighted by atomic mass is 32.2. The number of amides is 1. The van der Waals surface area contributed by atoms with Crippen LogP contribution in [0, 0.1) is 5.82 Å². The van der Waals surface area contributed by atoms with E-state index >= 15 is 0 Å². The van der Waals surface area contributed by atoms with Gasteiger partial charge in [0.05, 0.1) is 18.4 Å². The van der Waals surface area contributed by atoms with Crippen LogP contribution in [-0.2, 0) is 4.79 Å². The minimum atomic E-state index is -0.639. The summed E-state index contributed by atoms with van der Waals surface area (Å²) in [5.74, 6) is 0.312. The number of hydrogen-bond acceptors (Lipinski definition) is 6. The van der Waals surface area contributed by atoms with Gasteiger partial charge in [-0.2, -0.15) is 4.98 Å². The van der Waals surface area contributed by atoms with Gasteiger partial charge in [0.1, 0.15) is 17.6 Å². The summed E-state index contributed by atoms with van der Waals surface area (Å²) in [5, 5.41) is 11.1. The first kappa shape index (κ1) is 20.0. The number of thioether (sulfide) groups is 1. The van der Waals surface area contributed by atoms with Crippen molar-refractivity contribution >= 4 is 29.3 Å². The number of allylic oxidation sites excluding steroid dienone is 1. The first-order valence-corrected chi connectivity index (χ1v) is 10.4. The van der Waals surface area contributed by atoms with Gasteiger partial charge in [0, 0.05) is 5.70 Å². The highest BCUT2D eigenvalue weighted by molar-refractivity contribution is 7.98. The topological polar surface area (TPSA) is 81.1 Å². The van der Waals surface area contributed by atoms with Crippen LogP contribution in [0.2, 0.25) is 0 Å². The van der Waals surface area contributed by atoms with E-state index in [4.69, 9.17) is 4.74 Å². The maximum atomic E-state index is 14.0. The van der Waals surface area contributed by atoms with Gasteiger partial charge in [-0.15, -0.1) is 5.10 Å². The molecule has 9 heteroatoms. The molecule has 4 rings (SSSR count). The van der Waals surface area contributed by atoms with E-state index in [-0.39, 0.29) is 11.7 Å². The van der Waals surface area contributed by atoms with E-state index in [0.29, 0.717) is 39.4 Å². The van der Waals surface area contributed by atoms with E-state index < -0.39 is 6.04 Å². The largest absolute Gasteiger partial charge is 0.495 e. The van der Waals surface area contributed by atoms with Crippen LogP contribution in [0.4, 0.5) is 16.0 Å². The van der Waals surface area contributed by atoms with Crippen LogP contribution in [0.5, 0.6) is 5.75 Å². The Bertz CT molecular complexity index is 1140. The van der Waals surface area contributed by atoms with Gasteiger partial charge in [-0.25, -0.2) is 9.07 Å². The van der Waals surface area contributed by atoms with Crippen molar-refractivity contribution in [1.29, 1.82) is 0 Å². The number of para-hydroxylation sites is 2. The maximum Gasteiger partial charge on any atom is 0.255 e. The van der Waals surface area contributed by atoms with Gasteiger partial charge >= 0.3 is 0 Å². The predicted molar refractivity (Wildman–Crippen MR) is 114 cm³/mol. The molecule has 0 aliphatic carbocycles. The second-order valence-corrected chi connectivity index (χ2v) is 7.42. The number of hydrogen-bond donors (Lipinski definition) is 2. The van der Waals surface area contributed by atoms with Gasteiger partial charge in [-0.1, -0.05) is 36.0 Å². The van der Waals surface area contributed by atoms with Crippen molar-refractivity contribution in [2.45, 2.75) is 18.1 Å². The highest BCUT2D eigenvalue weighted by Crippen LogP contribution is 2.37. The molecule has 2 heterocycles. The molecule has 1 amide bonds. The van der Waals surface area contributed by atoms with Gasteiger partial charge in [-0.05, 0) is 43.0 Å². The lowest BCUT2D eigenvalue weighted by molar-refractivity contribution is -0.113. The summed E-state index contributed by atoms with van der Waals surface area (Å²) in [6, 6.07) is 12.7. The summed E-state index contributed by atoms with van der Waals surface area (Å²) < 4.78 is 21.0. The average Bonchev–Trinajstić information content (AvgIpc) is 3.15. The van der Waals surface area contributed by atoms with Crippen LogP contribution < -0.4 is 15.4 Å². The Balaban J connectivity index is 1.80. The summed E-state index contributed by atoms with van der Waals surface area (Å²) >= 11 is 1.39. The third-order valence-electron chi connectivity index (χ3n) is 4.78. The van der Waals surface area contributed by atoms with Crippen molar-refractivity contribution in [3.63, 3.8) is 0 Å². The monoisotopic (exact) mass is 425 g/mol. The lowest BCUT2D eigenvalue weighted by Gasteiger charge is -2.28. The molecule has 1 aliphatic heterocycles. The Kier molecular flexibility index (Phi) is 5.45. The van der Waals surface area contributed by atoms with Gasteiger partial charge in [0.25, 0.3) is 5.91 Å². The number of carbonyl (C=O) groups excluding carboxylic acids is 1. The number of fused-ring (bicyclic) bond motifs is 1. The minimum absolute atomic E-state index is 0.342. The number of nitrogens with zero attached hydrogens (tertiary/aromatic N) is 3. The standard InChI is InChI=1S/C21H20FN5O2S/c1-12-17(19(28)24-15-9-4-5-10-16(15)29-2)18(13-7-6-8-14(22)11-13)27-20(23-12)25-21(26-27)30-3/h4-11,18H,1-3H3,(H,24,28)(H,23,25,26)/t18-/m0/s1. The lowest BCUT2D eigenvalue weighted by atomic mass is 9.95. The Morgan fingerprint density at radius 3 is 2.80 bits per heavy atom. The molecule has 0 spiro atoms. The van der Waals surface area contributed by atoms with E-state index in [1.54, 1.807) is 43.0 Å². The van der Waals surface area contributed by atoms with Crippen LogP contribution >= 0.6 is 11.8 Å². The van der Waals surface area contributed by atoms with Crippen molar-refractivity contribution in [2.24, 2.45) is 0 Å². The first-order chi connectivity index (χ1) is 14.5. The summed E-state index contributed by atoms with van der Waals surface area (Å²) in [6.07, 6.45) is 1.87. The van der Waals surface area contributed by atoms with Gasteiger partial charge in [0.15, 0.2) is 0 Å². The third-order valence-corrected chi connectivity index (χ3v) is 5.32. The third kappa shape index (κ3) is 3.63. The van der Waals surface area contributed by atoms with Crippen LogP contribution in [0.25, 0.3) is 0 Å². The smallest absolute Gasteiger partial charge is 0.255 e. The Morgan fingerprint density at radius 1 is 1.27 bits per heavy atom. The van der Waals surface area contributed by atoms with Crippen molar-refractivity contribution in [3.05, 3.63) is 71.2 Å². The van der Waals surface area contributed by atoms with Crippen LogP contribution in [0.15, 0.2) is 65.0 Å². The molecule has 0 unspecified atom stereocenters. The van der Waals surface area contributed by atoms with E-state index in [1.807, 2.05) is 18.4 Å². The molecular weight excluding hydrogens is 405 g/mol. The Morgan fingerprint density at radius 2 is 2.07 bits per heavy atom. The number of ether oxygens (including phenoxy) is 1. The number of halogens is 1. The SMILES string of the molecule is COc1ccccc1NC(=O)C1=C(C)Nc2nc(SC)nn2[C@H]1c1cccc(F)c1. The van der Waals surface area contributed by atoms with Gasteiger partial charge in [-0.3, -0.25) is 4.79 Å². The molecular formula is C21H20FN5O2S. The number of methoxy groups -OCH3 is 1. The van der Waals surface area contributed by atoms with Crippen molar-refractivity contribution < 1.29 is 13.9 Å². The van der Waals surface area contributed by atoms with E-state index in [2.05, 4.69) is 20.7 Å². The minimum Gasteiger partial charge on any atom is -0.495 e. The molecule has 0 fully saturated rings. The first-order valence-electron chi connectivity index (χ1n) is 9.20. The Labute approximate surface area is 177 Å². The number of rotatable bonds is 5. The Hall–Kier alpha value is -3.33. The molecule has 7 nitrogen and oxygen atoms in total. The quantitative estimate of drug-likeness (QED) is 0.600. The zero-order chi connectivity index (χ0) is 21.3. The molecule has 154 valence electrons. The fraction of sp³-hybridized carbons (Fsp3) is 0.190. The number of nitrogens with one attached hydrogen (secondary N) is 2. The molecule has 0 radical (unpaired) electrons. The normalized spacial score (nSPS) is 15.4. The highest BCUT2D eigenvalue weighted by Gasteiger charge is 2.34. The molecule has 1 aliphatic rings. The van der Waals surface area contributed by atoms with Crippen molar-refractivity contribution in [3.8, 4) is 5.75 Å². The number of aromatic nitrogens is 3. The summed E-state index contributed by atoms with van der Waals surface area (Å²) in [5.41, 5.74) is 2.16. The average molecular weight is 425 g/mol. The molecule has 3 aromatic rings.